The van der Waals surface area contributed by atoms with Crippen LogP contribution in [-0.4, -0.2) is 21.5 Å². The van der Waals surface area contributed by atoms with Crippen molar-refractivity contribution < 1.29 is 4.79 Å². The molecule has 0 aromatic carbocycles. The molecule has 0 unspecified atom stereocenters. The standard InChI is InChI=1S/C10H16ClN3OS/c1-4-7(5-2)9-13-14-10(16-9)12-8(15)6(3)11/h6-7H,4-5H2,1-3H3,(H,12,14,15)/t6-/m1/s1. The molecule has 0 fully saturated rings. The number of hydrogen-bond acceptors (Lipinski definition) is 4. The second-order valence-corrected chi connectivity index (χ2v) is 5.23. The zero-order valence-corrected chi connectivity index (χ0v) is 11.2. The van der Waals surface area contributed by atoms with Crippen LogP contribution in [0.1, 0.15) is 44.5 Å². The number of carbonyl (C=O) groups excluding carboxylic acids is 1. The topological polar surface area (TPSA) is 54.9 Å². The van der Waals surface area contributed by atoms with Crippen LogP contribution in [0.25, 0.3) is 0 Å². The third-order valence-corrected chi connectivity index (χ3v) is 3.57. The van der Waals surface area contributed by atoms with Crippen LogP contribution < -0.4 is 5.32 Å². The van der Waals surface area contributed by atoms with E-state index in [4.69, 9.17) is 11.6 Å². The Bertz CT molecular complexity index is 350. The van der Waals surface area contributed by atoms with E-state index in [0.29, 0.717) is 11.0 Å². The molecule has 1 amide bonds. The van der Waals surface area contributed by atoms with E-state index < -0.39 is 5.38 Å². The quantitative estimate of drug-likeness (QED) is 0.829. The van der Waals surface area contributed by atoms with E-state index in [0.717, 1.165) is 17.8 Å². The summed E-state index contributed by atoms with van der Waals surface area (Å²) in [5.41, 5.74) is 0. The van der Waals surface area contributed by atoms with Gasteiger partial charge in [-0.05, 0) is 19.8 Å². The third kappa shape index (κ3) is 3.42. The summed E-state index contributed by atoms with van der Waals surface area (Å²) in [5, 5.41) is 11.6. The van der Waals surface area contributed by atoms with Gasteiger partial charge in [0, 0.05) is 5.92 Å². The largest absolute Gasteiger partial charge is 0.299 e. The summed E-state index contributed by atoms with van der Waals surface area (Å²) in [6.07, 6.45) is 2.07. The molecule has 1 rings (SSSR count). The summed E-state index contributed by atoms with van der Waals surface area (Å²) >= 11 is 7.07. The highest BCUT2D eigenvalue weighted by molar-refractivity contribution is 7.15. The van der Waals surface area contributed by atoms with Crippen molar-refractivity contribution in [2.24, 2.45) is 0 Å². The van der Waals surface area contributed by atoms with Gasteiger partial charge >= 0.3 is 0 Å². The molecule has 0 saturated heterocycles. The molecule has 1 N–H and O–H groups in total. The lowest BCUT2D eigenvalue weighted by atomic mass is 10.1. The molecular weight excluding hydrogens is 246 g/mol. The second kappa shape index (κ2) is 6.15. The number of nitrogens with one attached hydrogen (secondary N) is 1. The van der Waals surface area contributed by atoms with Crippen molar-refractivity contribution in [1.82, 2.24) is 10.2 Å². The number of carbonyl (C=O) groups is 1. The Morgan fingerprint density at radius 2 is 2.06 bits per heavy atom. The predicted molar refractivity (Wildman–Crippen MR) is 67.2 cm³/mol. The van der Waals surface area contributed by atoms with Gasteiger partial charge in [0.25, 0.3) is 0 Å². The van der Waals surface area contributed by atoms with Gasteiger partial charge in [-0.3, -0.25) is 10.1 Å². The smallest absolute Gasteiger partial charge is 0.243 e. The van der Waals surface area contributed by atoms with Crippen LogP contribution >= 0.6 is 22.9 Å². The molecule has 16 heavy (non-hydrogen) atoms. The van der Waals surface area contributed by atoms with Gasteiger partial charge in [-0.1, -0.05) is 25.2 Å². The van der Waals surface area contributed by atoms with Gasteiger partial charge in [0.1, 0.15) is 10.4 Å². The van der Waals surface area contributed by atoms with Gasteiger partial charge in [-0.2, -0.15) is 0 Å². The van der Waals surface area contributed by atoms with Crippen molar-refractivity contribution >= 4 is 34.0 Å². The Morgan fingerprint density at radius 1 is 1.44 bits per heavy atom. The van der Waals surface area contributed by atoms with E-state index in [2.05, 4.69) is 29.4 Å². The lowest BCUT2D eigenvalue weighted by molar-refractivity contribution is -0.115. The highest BCUT2D eigenvalue weighted by Crippen LogP contribution is 2.28. The van der Waals surface area contributed by atoms with Crippen LogP contribution in [0.15, 0.2) is 0 Å². The molecule has 1 aromatic rings. The minimum Gasteiger partial charge on any atom is -0.299 e. The lowest BCUT2D eigenvalue weighted by Gasteiger charge is -2.05. The number of hydrogen-bond donors (Lipinski definition) is 1. The number of amides is 1. The SMILES string of the molecule is CCC(CC)c1nnc(NC(=O)[C@@H](C)Cl)s1. The fourth-order valence-corrected chi connectivity index (χ4v) is 2.36. The molecule has 1 aromatic heterocycles. The average molecular weight is 262 g/mol. The normalized spacial score (nSPS) is 12.8. The molecule has 0 bridgehead atoms. The molecule has 0 spiro atoms. The molecular formula is C10H16ClN3OS. The van der Waals surface area contributed by atoms with E-state index in [1.165, 1.54) is 11.3 Å². The Balaban J connectivity index is 2.68. The average Bonchev–Trinajstić information content (AvgIpc) is 2.68. The molecule has 6 heteroatoms. The van der Waals surface area contributed by atoms with Crippen LogP contribution in [0.5, 0.6) is 0 Å². The maximum absolute atomic E-state index is 11.3. The first-order valence-corrected chi connectivity index (χ1v) is 6.62. The second-order valence-electron chi connectivity index (χ2n) is 3.56. The summed E-state index contributed by atoms with van der Waals surface area (Å²) < 4.78 is 0. The Hall–Kier alpha value is -0.680. The van der Waals surface area contributed by atoms with Crippen molar-refractivity contribution in [2.45, 2.75) is 44.9 Å². The number of alkyl halides is 1. The fraction of sp³-hybridized carbons (Fsp3) is 0.700. The molecule has 0 aliphatic rings. The summed E-state index contributed by atoms with van der Waals surface area (Å²) in [7, 11) is 0. The van der Waals surface area contributed by atoms with Crippen LogP contribution in [0, 0.1) is 0 Å². The molecule has 4 nitrogen and oxygen atoms in total. The maximum Gasteiger partial charge on any atom is 0.243 e. The van der Waals surface area contributed by atoms with Crippen LogP contribution in [0.3, 0.4) is 0 Å². The van der Waals surface area contributed by atoms with Gasteiger partial charge in [0.2, 0.25) is 11.0 Å². The first kappa shape index (κ1) is 13.4. The van der Waals surface area contributed by atoms with E-state index in [1.54, 1.807) is 6.92 Å². The van der Waals surface area contributed by atoms with Crippen molar-refractivity contribution in [3.63, 3.8) is 0 Å². The monoisotopic (exact) mass is 261 g/mol. The van der Waals surface area contributed by atoms with E-state index in [-0.39, 0.29) is 5.91 Å². The minimum atomic E-state index is -0.555. The van der Waals surface area contributed by atoms with Crippen molar-refractivity contribution in [2.75, 3.05) is 5.32 Å². The van der Waals surface area contributed by atoms with Crippen LogP contribution in [0.2, 0.25) is 0 Å². The Labute approximate surface area is 104 Å². The Kier molecular flexibility index (Phi) is 5.15. The number of rotatable bonds is 5. The molecule has 0 saturated carbocycles. The predicted octanol–water partition coefficient (Wildman–Crippen LogP) is 3.01. The first-order chi connectivity index (χ1) is 7.58. The molecule has 1 atom stereocenters. The number of aromatic nitrogens is 2. The fourth-order valence-electron chi connectivity index (χ4n) is 1.29. The van der Waals surface area contributed by atoms with Crippen molar-refractivity contribution in [3.8, 4) is 0 Å². The third-order valence-electron chi connectivity index (χ3n) is 2.37. The molecule has 90 valence electrons. The minimum absolute atomic E-state index is 0.242. The highest BCUT2D eigenvalue weighted by Gasteiger charge is 2.16. The molecule has 0 radical (unpaired) electrons. The van der Waals surface area contributed by atoms with Crippen molar-refractivity contribution in [1.29, 1.82) is 0 Å². The first-order valence-electron chi connectivity index (χ1n) is 5.36. The number of anilines is 1. The summed E-state index contributed by atoms with van der Waals surface area (Å²) in [6, 6.07) is 0. The zero-order chi connectivity index (χ0) is 12.1. The summed E-state index contributed by atoms with van der Waals surface area (Å²) in [6.45, 7) is 5.86. The van der Waals surface area contributed by atoms with Crippen LogP contribution in [-0.2, 0) is 4.79 Å². The maximum atomic E-state index is 11.3. The summed E-state index contributed by atoms with van der Waals surface area (Å²) in [4.78, 5) is 11.3. The number of halogens is 1. The highest BCUT2D eigenvalue weighted by atomic mass is 35.5. The molecule has 0 aliphatic heterocycles. The summed E-state index contributed by atoms with van der Waals surface area (Å²) in [5.74, 6) is 0.186. The van der Waals surface area contributed by atoms with E-state index in [9.17, 15) is 4.79 Å². The zero-order valence-electron chi connectivity index (χ0n) is 9.66. The van der Waals surface area contributed by atoms with E-state index >= 15 is 0 Å². The van der Waals surface area contributed by atoms with Gasteiger partial charge in [0.15, 0.2) is 0 Å². The van der Waals surface area contributed by atoms with Gasteiger partial charge in [-0.25, -0.2) is 0 Å². The molecule has 1 heterocycles. The molecule has 0 aliphatic carbocycles. The van der Waals surface area contributed by atoms with Crippen molar-refractivity contribution in [3.05, 3.63) is 5.01 Å². The Morgan fingerprint density at radius 3 is 2.56 bits per heavy atom. The van der Waals surface area contributed by atoms with E-state index in [1.807, 2.05) is 0 Å². The number of nitrogens with zero attached hydrogens (tertiary/aromatic N) is 2. The lowest BCUT2D eigenvalue weighted by Crippen LogP contribution is -2.20. The van der Waals surface area contributed by atoms with Gasteiger partial charge in [-0.15, -0.1) is 21.8 Å². The van der Waals surface area contributed by atoms with Crippen LogP contribution in [0.4, 0.5) is 5.13 Å². The van der Waals surface area contributed by atoms with Gasteiger partial charge < -0.3 is 0 Å². The van der Waals surface area contributed by atoms with Gasteiger partial charge in [0.05, 0.1) is 0 Å².